The van der Waals surface area contributed by atoms with E-state index >= 15 is 0 Å². The molecule has 1 amide bonds. The number of ether oxygens (including phenoxy) is 1. The van der Waals surface area contributed by atoms with Crippen LogP contribution in [0.4, 0.5) is 13.2 Å². The molecule has 0 heterocycles. The minimum absolute atomic E-state index is 0.381. The van der Waals surface area contributed by atoms with E-state index in [-0.39, 0.29) is 0 Å². The molecule has 0 bridgehead atoms. The smallest absolute Gasteiger partial charge is 0.359 e. The van der Waals surface area contributed by atoms with Crippen LogP contribution in [-0.4, -0.2) is 56.9 Å². The van der Waals surface area contributed by atoms with Crippen LogP contribution in [0, 0.1) is 0 Å². The molecule has 0 saturated carbocycles. The fourth-order valence-corrected chi connectivity index (χ4v) is 0.842. The number of hydrogen-bond donors (Lipinski definition) is 1. The fourth-order valence-electron chi connectivity index (χ4n) is 0.842. The number of amides is 1. The van der Waals surface area contributed by atoms with Crippen molar-refractivity contribution in [2.24, 2.45) is 0 Å². The lowest BCUT2D eigenvalue weighted by atomic mass is 10.3. The summed E-state index contributed by atoms with van der Waals surface area (Å²) in [5.41, 5.74) is 0. The van der Waals surface area contributed by atoms with Crippen molar-refractivity contribution in [3.05, 3.63) is 0 Å². The summed E-state index contributed by atoms with van der Waals surface area (Å²) in [5, 5.41) is 2.48. The molecule has 1 atom stereocenters. The van der Waals surface area contributed by atoms with Gasteiger partial charge in [0.1, 0.15) is 12.7 Å². The molecule has 16 heavy (non-hydrogen) atoms. The Morgan fingerprint density at radius 1 is 1.44 bits per heavy atom. The third-order valence-electron chi connectivity index (χ3n) is 1.72. The van der Waals surface area contributed by atoms with Gasteiger partial charge in [0, 0.05) is 13.1 Å². The molecule has 4 nitrogen and oxygen atoms in total. The summed E-state index contributed by atoms with van der Waals surface area (Å²) in [5.74, 6) is -0.536. The van der Waals surface area contributed by atoms with E-state index in [0.717, 1.165) is 0 Å². The molecule has 0 aromatic heterocycles. The van der Waals surface area contributed by atoms with E-state index < -0.39 is 24.8 Å². The highest BCUT2D eigenvalue weighted by Gasteiger charge is 2.29. The van der Waals surface area contributed by atoms with Gasteiger partial charge < -0.3 is 15.0 Å². The van der Waals surface area contributed by atoms with E-state index in [1.807, 2.05) is 19.0 Å². The maximum Gasteiger partial charge on any atom is 0.411 e. The highest BCUT2D eigenvalue weighted by molar-refractivity contribution is 5.80. The normalized spacial score (nSPS) is 13.9. The standard InChI is InChI=1S/C9H17F3N2O2/c1-7(16-6-9(10,11)12)8(15)13-4-5-14(2)3/h7H,4-6H2,1-3H3,(H,13,15)/t7-/m0/s1. The van der Waals surface area contributed by atoms with Crippen LogP contribution in [0.15, 0.2) is 0 Å². The van der Waals surface area contributed by atoms with Crippen molar-refractivity contribution in [1.29, 1.82) is 0 Å². The molecule has 0 aliphatic heterocycles. The monoisotopic (exact) mass is 242 g/mol. The van der Waals surface area contributed by atoms with Gasteiger partial charge in [-0.25, -0.2) is 0 Å². The van der Waals surface area contributed by atoms with Crippen LogP contribution in [0.2, 0.25) is 0 Å². The Morgan fingerprint density at radius 3 is 2.44 bits per heavy atom. The summed E-state index contributed by atoms with van der Waals surface area (Å²) in [4.78, 5) is 13.1. The second-order valence-electron chi connectivity index (χ2n) is 3.66. The SMILES string of the molecule is C[C@H](OCC(F)(F)F)C(=O)NCCN(C)C. The van der Waals surface area contributed by atoms with E-state index in [2.05, 4.69) is 10.1 Å². The van der Waals surface area contributed by atoms with Crippen LogP contribution in [-0.2, 0) is 9.53 Å². The number of hydrogen-bond acceptors (Lipinski definition) is 3. The number of likely N-dealkylation sites (N-methyl/N-ethyl adjacent to an activating group) is 1. The largest absolute Gasteiger partial charge is 0.411 e. The second-order valence-corrected chi connectivity index (χ2v) is 3.66. The van der Waals surface area contributed by atoms with E-state index in [1.54, 1.807) is 0 Å². The molecule has 0 fully saturated rings. The second kappa shape index (κ2) is 6.70. The molecule has 7 heteroatoms. The van der Waals surface area contributed by atoms with E-state index in [9.17, 15) is 18.0 Å². The zero-order valence-corrected chi connectivity index (χ0v) is 9.60. The molecule has 1 N–H and O–H groups in total. The molecular weight excluding hydrogens is 225 g/mol. The van der Waals surface area contributed by atoms with Crippen molar-refractivity contribution in [1.82, 2.24) is 10.2 Å². The summed E-state index contributed by atoms with van der Waals surface area (Å²) in [6, 6.07) is 0. The molecule has 0 radical (unpaired) electrons. The molecule has 0 unspecified atom stereocenters. The Kier molecular flexibility index (Phi) is 6.35. The average molecular weight is 242 g/mol. The third kappa shape index (κ3) is 8.49. The average Bonchev–Trinajstić information content (AvgIpc) is 2.12. The van der Waals surface area contributed by atoms with Crippen molar-refractivity contribution in [3.63, 3.8) is 0 Å². The van der Waals surface area contributed by atoms with Gasteiger partial charge in [0.15, 0.2) is 0 Å². The first kappa shape index (κ1) is 15.2. The van der Waals surface area contributed by atoms with E-state index in [1.165, 1.54) is 6.92 Å². The molecule has 0 saturated heterocycles. The summed E-state index contributed by atoms with van der Waals surface area (Å²) in [7, 11) is 3.66. The van der Waals surface area contributed by atoms with Crippen LogP contribution in [0.3, 0.4) is 0 Å². The Balaban J connectivity index is 3.74. The van der Waals surface area contributed by atoms with Gasteiger partial charge in [-0.1, -0.05) is 0 Å². The van der Waals surface area contributed by atoms with Crippen molar-refractivity contribution < 1.29 is 22.7 Å². The first-order chi connectivity index (χ1) is 7.22. The van der Waals surface area contributed by atoms with Crippen LogP contribution < -0.4 is 5.32 Å². The third-order valence-corrected chi connectivity index (χ3v) is 1.72. The molecule has 0 rings (SSSR count). The number of nitrogens with one attached hydrogen (secondary N) is 1. The Hall–Kier alpha value is -0.820. The number of rotatable bonds is 6. The van der Waals surface area contributed by atoms with Crippen molar-refractivity contribution in [2.45, 2.75) is 19.2 Å². The number of carbonyl (C=O) groups is 1. The molecule has 0 spiro atoms. The lowest BCUT2D eigenvalue weighted by Crippen LogP contribution is -2.39. The maximum absolute atomic E-state index is 11.8. The molecular formula is C9H17F3N2O2. The van der Waals surface area contributed by atoms with E-state index in [0.29, 0.717) is 13.1 Å². The number of carbonyl (C=O) groups excluding carboxylic acids is 1. The number of alkyl halides is 3. The van der Waals surface area contributed by atoms with Crippen LogP contribution in [0.25, 0.3) is 0 Å². The van der Waals surface area contributed by atoms with Gasteiger partial charge in [-0.2, -0.15) is 13.2 Å². The number of halogens is 3. The maximum atomic E-state index is 11.8. The zero-order chi connectivity index (χ0) is 12.8. The number of nitrogens with zero attached hydrogens (tertiary/aromatic N) is 1. The minimum Gasteiger partial charge on any atom is -0.359 e. The van der Waals surface area contributed by atoms with Crippen LogP contribution in [0.1, 0.15) is 6.92 Å². The van der Waals surface area contributed by atoms with Crippen molar-refractivity contribution in [2.75, 3.05) is 33.8 Å². The van der Waals surface area contributed by atoms with Gasteiger partial charge >= 0.3 is 6.18 Å². The summed E-state index contributed by atoms with van der Waals surface area (Å²) in [6.45, 7) is 0.884. The van der Waals surface area contributed by atoms with Crippen molar-refractivity contribution >= 4 is 5.91 Å². The highest BCUT2D eigenvalue weighted by atomic mass is 19.4. The lowest BCUT2D eigenvalue weighted by Gasteiger charge is -2.15. The zero-order valence-electron chi connectivity index (χ0n) is 9.60. The van der Waals surface area contributed by atoms with Gasteiger partial charge in [0.25, 0.3) is 0 Å². The van der Waals surface area contributed by atoms with Crippen LogP contribution in [0.5, 0.6) is 0 Å². The first-order valence-corrected chi connectivity index (χ1v) is 4.83. The summed E-state index contributed by atoms with van der Waals surface area (Å²) >= 11 is 0. The fraction of sp³-hybridized carbons (Fsp3) is 0.889. The Bertz CT molecular complexity index is 219. The molecule has 0 aliphatic rings. The topological polar surface area (TPSA) is 41.6 Å². The summed E-state index contributed by atoms with van der Waals surface area (Å²) in [6.07, 6.45) is -5.50. The minimum atomic E-state index is -4.40. The van der Waals surface area contributed by atoms with Gasteiger partial charge in [-0.15, -0.1) is 0 Å². The Morgan fingerprint density at radius 2 is 2.00 bits per heavy atom. The summed E-state index contributed by atoms with van der Waals surface area (Å²) < 4.78 is 39.7. The van der Waals surface area contributed by atoms with Gasteiger partial charge in [-0.05, 0) is 21.0 Å². The van der Waals surface area contributed by atoms with Crippen molar-refractivity contribution in [3.8, 4) is 0 Å². The highest BCUT2D eigenvalue weighted by Crippen LogP contribution is 2.15. The van der Waals surface area contributed by atoms with Crippen LogP contribution >= 0.6 is 0 Å². The molecule has 0 aliphatic carbocycles. The molecule has 0 aromatic carbocycles. The first-order valence-electron chi connectivity index (χ1n) is 4.83. The van der Waals surface area contributed by atoms with Gasteiger partial charge in [-0.3, -0.25) is 4.79 Å². The predicted octanol–water partition coefficient (Wildman–Crippen LogP) is 0.632. The van der Waals surface area contributed by atoms with E-state index in [4.69, 9.17) is 0 Å². The lowest BCUT2D eigenvalue weighted by molar-refractivity contribution is -0.185. The van der Waals surface area contributed by atoms with Gasteiger partial charge in [0.05, 0.1) is 0 Å². The quantitative estimate of drug-likeness (QED) is 0.743. The predicted molar refractivity (Wildman–Crippen MR) is 53.0 cm³/mol. The molecule has 0 aromatic rings. The molecule has 96 valence electrons. The van der Waals surface area contributed by atoms with Gasteiger partial charge in [0.2, 0.25) is 5.91 Å². The Labute approximate surface area is 92.7 Å².